The van der Waals surface area contributed by atoms with E-state index in [4.69, 9.17) is 11.6 Å². The second kappa shape index (κ2) is 7.97. The molecule has 118 valence electrons. The van der Waals surface area contributed by atoms with Gasteiger partial charge in [0.2, 0.25) is 0 Å². The lowest BCUT2D eigenvalue weighted by Crippen LogP contribution is -2.39. The maximum absolute atomic E-state index is 6.22. The van der Waals surface area contributed by atoms with Gasteiger partial charge in [0.1, 0.15) is 5.82 Å². The van der Waals surface area contributed by atoms with Crippen molar-refractivity contribution in [1.29, 1.82) is 0 Å². The predicted molar refractivity (Wildman–Crippen MR) is 90.2 cm³/mol. The van der Waals surface area contributed by atoms with Crippen LogP contribution in [0.15, 0.2) is 12.3 Å². The topological polar surface area (TPSA) is 31.4 Å². The highest BCUT2D eigenvalue weighted by molar-refractivity contribution is 6.31. The Bertz CT molecular complexity index is 452. The molecule has 1 aromatic heterocycles. The third-order valence-electron chi connectivity index (χ3n) is 4.27. The molecule has 0 saturated carbocycles. The highest BCUT2D eigenvalue weighted by atomic mass is 35.5. The van der Waals surface area contributed by atoms with Gasteiger partial charge in [0.05, 0.1) is 5.02 Å². The zero-order chi connectivity index (χ0) is 15.2. The van der Waals surface area contributed by atoms with Crippen molar-refractivity contribution < 1.29 is 0 Å². The summed E-state index contributed by atoms with van der Waals surface area (Å²) in [5, 5.41) is 4.06. The molecule has 1 fully saturated rings. The molecule has 2 heterocycles. The molecule has 1 unspecified atom stereocenters. The number of pyridine rings is 1. The molecule has 1 N–H and O–H groups in total. The van der Waals surface area contributed by atoms with Gasteiger partial charge in [0.25, 0.3) is 0 Å². The Hall–Kier alpha value is -0.840. The molecule has 1 aliphatic heterocycles. The first-order valence-corrected chi connectivity index (χ1v) is 8.33. The number of rotatable bonds is 7. The van der Waals surface area contributed by atoms with Crippen LogP contribution in [0.3, 0.4) is 0 Å². The molecule has 5 heteroatoms. The summed E-state index contributed by atoms with van der Waals surface area (Å²) in [4.78, 5) is 9.30. The minimum absolute atomic E-state index is 0.648. The van der Waals surface area contributed by atoms with Gasteiger partial charge in [0.15, 0.2) is 0 Å². The summed E-state index contributed by atoms with van der Waals surface area (Å²) in [7, 11) is 2.12. The molecule has 0 bridgehead atoms. The SMILES string of the molecule is CCNCc1cc(N(C)CC2CCCN2CC)ncc1Cl. The van der Waals surface area contributed by atoms with E-state index in [-0.39, 0.29) is 0 Å². The van der Waals surface area contributed by atoms with E-state index in [0.29, 0.717) is 6.04 Å². The van der Waals surface area contributed by atoms with E-state index >= 15 is 0 Å². The second-order valence-electron chi connectivity index (χ2n) is 5.72. The quantitative estimate of drug-likeness (QED) is 0.839. The van der Waals surface area contributed by atoms with E-state index < -0.39 is 0 Å². The Balaban J connectivity index is 2.03. The zero-order valence-electron chi connectivity index (χ0n) is 13.4. The molecule has 2 rings (SSSR count). The van der Waals surface area contributed by atoms with E-state index in [1.54, 1.807) is 6.20 Å². The molecule has 0 aliphatic carbocycles. The lowest BCUT2D eigenvalue weighted by molar-refractivity contribution is 0.270. The van der Waals surface area contributed by atoms with Crippen molar-refractivity contribution in [3.63, 3.8) is 0 Å². The largest absolute Gasteiger partial charge is 0.358 e. The molecule has 0 amide bonds. The van der Waals surface area contributed by atoms with Gasteiger partial charge in [-0.05, 0) is 44.1 Å². The molecule has 1 atom stereocenters. The van der Waals surface area contributed by atoms with Crippen LogP contribution in [-0.4, -0.2) is 49.2 Å². The van der Waals surface area contributed by atoms with Gasteiger partial charge in [-0.2, -0.15) is 0 Å². The van der Waals surface area contributed by atoms with Crippen LogP contribution in [0.4, 0.5) is 5.82 Å². The Morgan fingerprint density at radius 2 is 2.29 bits per heavy atom. The predicted octanol–water partition coefficient (Wildman–Crippen LogP) is 2.77. The highest BCUT2D eigenvalue weighted by Gasteiger charge is 2.24. The number of nitrogens with zero attached hydrogens (tertiary/aromatic N) is 3. The Morgan fingerprint density at radius 1 is 1.48 bits per heavy atom. The summed E-state index contributed by atoms with van der Waals surface area (Å²) < 4.78 is 0. The minimum Gasteiger partial charge on any atom is -0.358 e. The first kappa shape index (κ1) is 16.5. The molecular weight excluding hydrogens is 284 g/mol. The third kappa shape index (κ3) is 4.31. The third-order valence-corrected chi connectivity index (χ3v) is 4.61. The van der Waals surface area contributed by atoms with Crippen LogP contribution >= 0.6 is 11.6 Å². The van der Waals surface area contributed by atoms with Crippen molar-refractivity contribution in [2.24, 2.45) is 0 Å². The van der Waals surface area contributed by atoms with Crippen molar-refractivity contribution in [2.75, 3.05) is 38.1 Å². The summed E-state index contributed by atoms with van der Waals surface area (Å²) in [6.07, 6.45) is 4.37. The van der Waals surface area contributed by atoms with Crippen molar-refractivity contribution in [2.45, 2.75) is 39.3 Å². The summed E-state index contributed by atoms with van der Waals surface area (Å²) in [5.41, 5.74) is 1.12. The Labute approximate surface area is 133 Å². The average Bonchev–Trinajstić information content (AvgIpc) is 2.93. The van der Waals surface area contributed by atoms with E-state index in [9.17, 15) is 0 Å². The average molecular weight is 311 g/mol. The summed E-state index contributed by atoms with van der Waals surface area (Å²) in [6, 6.07) is 2.76. The maximum Gasteiger partial charge on any atom is 0.128 e. The van der Waals surface area contributed by atoms with E-state index in [2.05, 4.69) is 47.1 Å². The first-order valence-electron chi connectivity index (χ1n) is 7.96. The van der Waals surface area contributed by atoms with Crippen molar-refractivity contribution >= 4 is 17.4 Å². The molecule has 21 heavy (non-hydrogen) atoms. The molecule has 1 aromatic rings. The first-order chi connectivity index (χ1) is 10.2. The van der Waals surface area contributed by atoms with E-state index in [1.165, 1.54) is 19.4 Å². The molecular formula is C16H27ClN4. The number of nitrogens with one attached hydrogen (secondary N) is 1. The summed E-state index contributed by atoms with van der Waals surface area (Å²) in [5.74, 6) is 1.01. The fraction of sp³-hybridized carbons (Fsp3) is 0.688. The molecule has 0 spiro atoms. The van der Waals surface area contributed by atoms with Crippen molar-refractivity contribution in [3.8, 4) is 0 Å². The zero-order valence-corrected chi connectivity index (χ0v) is 14.2. The number of hydrogen-bond donors (Lipinski definition) is 1. The lowest BCUT2D eigenvalue weighted by atomic mass is 10.2. The molecule has 0 radical (unpaired) electrons. The van der Waals surface area contributed by atoms with Gasteiger partial charge in [-0.3, -0.25) is 4.90 Å². The van der Waals surface area contributed by atoms with Crippen molar-refractivity contribution in [1.82, 2.24) is 15.2 Å². The van der Waals surface area contributed by atoms with Crippen LogP contribution in [0, 0.1) is 0 Å². The van der Waals surface area contributed by atoms with E-state index in [0.717, 1.165) is 42.6 Å². The monoisotopic (exact) mass is 310 g/mol. The van der Waals surface area contributed by atoms with Crippen LogP contribution in [-0.2, 0) is 6.54 Å². The maximum atomic E-state index is 6.22. The van der Waals surface area contributed by atoms with Gasteiger partial charge in [-0.1, -0.05) is 25.4 Å². The Kier molecular flexibility index (Phi) is 6.27. The van der Waals surface area contributed by atoms with Crippen LogP contribution in [0.5, 0.6) is 0 Å². The van der Waals surface area contributed by atoms with Gasteiger partial charge in [-0.15, -0.1) is 0 Å². The van der Waals surface area contributed by atoms with Gasteiger partial charge in [-0.25, -0.2) is 4.98 Å². The lowest BCUT2D eigenvalue weighted by Gasteiger charge is -2.28. The second-order valence-corrected chi connectivity index (χ2v) is 6.13. The van der Waals surface area contributed by atoms with Gasteiger partial charge >= 0.3 is 0 Å². The number of anilines is 1. The standard InChI is InChI=1S/C16H27ClN4/c1-4-18-10-13-9-16(19-11-15(13)17)20(3)12-14-7-6-8-21(14)5-2/h9,11,14,18H,4-8,10,12H2,1-3H3. The van der Waals surface area contributed by atoms with Crippen LogP contribution in [0.25, 0.3) is 0 Å². The number of hydrogen-bond acceptors (Lipinski definition) is 4. The van der Waals surface area contributed by atoms with Crippen molar-refractivity contribution in [3.05, 3.63) is 22.8 Å². The van der Waals surface area contributed by atoms with Gasteiger partial charge < -0.3 is 10.2 Å². The number of aromatic nitrogens is 1. The minimum atomic E-state index is 0.648. The summed E-state index contributed by atoms with van der Waals surface area (Å²) in [6.45, 7) is 9.48. The summed E-state index contributed by atoms with van der Waals surface area (Å²) >= 11 is 6.22. The Morgan fingerprint density at radius 3 is 3.00 bits per heavy atom. The molecule has 4 nitrogen and oxygen atoms in total. The van der Waals surface area contributed by atoms with Crippen LogP contribution in [0.1, 0.15) is 32.3 Å². The fourth-order valence-electron chi connectivity index (χ4n) is 3.00. The van der Waals surface area contributed by atoms with Crippen LogP contribution < -0.4 is 10.2 Å². The normalized spacial score (nSPS) is 19.1. The molecule has 0 aromatic carbocycles. The number of halogens is 1. The van der Waals surface area contributed by atoms with Crippen LogP contribution in [0.2, 0.25) is 5.02 Å². The number of likely N-dealkylation sites (N-methyl/N-ethyl adjacent to an activating group) is 2. The molecule has 1 aliphatic rings. The molecule has 1 saturated heterocycles. The smallest absolute Gasteiger partial charge is 0.128 e. The van der Waals surface area contributed by atoms with E-state index in [1.807, 2.05) is 0 Å². The fourth-order valence-corrected chi connectivity index (χ4v) is 3.17. The highest BCUT2D eigenvalue weighted by Crippen LogP contribution is 2.22. The number of likely N-dealkylation sites (tertiary alicyclic amines) is 1. The van der Waals surface area contributed by atoms with Gasteiger partial charge in [0, 0.05) is 32.4 Å².